The molecule has 0 bridgehead atoms. The third kappa shape index (κ3) is 2.94. The molecule has 0 aliphatic heterocycles. The van der Waals surface area contributed by atoms with Crippen molar-refractivity contribution in [3.05, 3.63) is 34.8 Å². The zero-order valence-electron chi connectivity index (χ0n) is 10.8. The monoisotopic (exact) mass is 278 g/mol. The largest absolute Gasteiger partial charge is 0.326 e. The van der Waals surface area contributed by atoms with Gasteiger partial charge in [-0.2, -0.15) is 0 Å². The molecule has 0 aliphatic carbocycles. The van der Waals surface area contributed by atoms with Crippen LogP contribution in [0, 0.1) is 0 Å². The van der Waals surface area contributed by atoms with E-state index in [2.05, 4.69) is 37.4 Å². The van der Waals surface area contributed by atoms with Crippen LogP contribution in [0.25, 0.3) is 10.6 Å². The van der Waals surface area contributed by atoms with Crippen molar-refractivity contribution < 1.29 is 0 Å². The van der Waals surface area contributed by atoms with Gasteiger partial charge in [0.05, 0.1) is 5.69 Å². The maximum atomic E-state index is 5.79. The van der Waals surface area contributed by atoms with E-state index in [-0.39, 0.29) is 0 Å². The number of nitrogens with zero attached hydrogens (tertiary/aromatic N) is 1. The van der Waals surface area contributed by atoms with Crippen LogP contribution in [0.3, 0.4) is 0 Å². The summed E-state index contributed by atoms with van der Waals surface area (Å²) in [5.74, 6) is 0. The summed E-state index contributed by atoms with van der Waals surface area (Å²) in [5.41, 5.74) is 8.15. The Labute approximate surface area is 117 Å². The first-order chi connectivity index (χ1) is 8.78. The molecule has 0 saturated carbocycles. The van der Waals surface area contributed by atoms with Crippen LogP contribution in [0.1, 0.15) is 23.9 Å². The van der Waals surface area contributed by atoms with Gasteiger partial charge in [-0.05, 0) is 24.8 Å². The van der Waals surface area contributed by atoms with Crippen LogP contribution in [-0.2, 0) is 13.0 Å². The molecule has 2 nitrogen and oxygen atoms in total. The maximum Gasteiger partial charge on any atom is 0.123 e. The fraction of sp³-hybridized carbons (Fsp3) is 0.357. The Morgan fingerprint density at radius 2 is 2.00 bits per heavy atom. The number of hydrogen-bond acceptors (Lipinski definition) is 4. The van der Waals surface area contributed by atoms with E-state index >= 15 is 0 Å². The number of nitrogens with two attached hydrogens (primary N) is 1. The van der Waals surface area contributed by atoms with Crippen molar-refractivity contribution in [3.8, 4) is 10.6 Å². The third-order valence-corrected chi connectivity index (χ3v) is 4.70. The Hall–Kier alpha value is -0.840. The van der Waals surface area contributed by atoms with Crippen LogP contribution < -0.4 is 5.73 Å². The summed E-state index contributed by atoms with van der Waals surface area (Å²) in [6.45, 7) is 2.77. The van der Waals surface area contributed by atoms with Crippen molar-refractivity contribution in [1.29, 1.82) is 0 Å². The first kappa shape index (κ1) is 13.6. The molecule has 0 amide bonds. The molecule has 1 aromatic heterocycles. The van der Waals surface area contributed by atoms with Crippen LogP contribution in [-0.4, -0.2) is 11.2 Å². The van der Waals surface area contributed by atoms with E-state index in [1.807, 2.05) is 0 Å². The molecule has 0 aliphatic rings. The van der Waals surface area contributed by atoms with Crippen molar-refractivity contribution in [2.45, 2.75) is 31.2 Å². The predicted molar refractivity (Wildman–Crippen MR) is 81.2 cm³/mol. The van der Waals surface area contributed by atoms with Crippen molar-refractivity contribution in [2.75, 3.05) is 6.26 Å². The van der Waals surface area contributed by atoms with Gasteiger partial charge in [-0.15, -0.1) is 23.1 Å². The Morgan fingerprint density at radius 1 is 1.28 bits per heavy atom. The van der Waals surface area contributed by atoms with E-state index in [0.29, 0.717) is 6.54 Å². The van der Waals surface area contributed by atoms with Gasteiger partial charge in [0.15, 0.2) is 0 Å². The number of thiazole rings is 1. The molecule has 0 spiro atoms. The average Bonchev–Trinajstić information content (AvgIpc) is 2.82. The molecule has 1 aromatic carbocycles. The van der Waals surface area contributed by atoms with E-state index in [1.54, 1.807) is 23.1 Å². The average molecular weight is 278 g/mol. The second kappa shape index (κ2) is 6.36. The SMILES string of the molecule is CCCc1nc(-c2ccc(SC)cc2)sc1CN. The minimum absolute atomic E-state index is 0.593. The van der Waals surface area contributed by atoms with Crippen molar-refractivity contribution in [1.82, 2.24) is 4.98 Å². The van der Waals surface area contributed by atoms with E-state index in [4.69, 9.17) is 10.7 Å². The molecule has 2 aromatic rings. The van der Waals surface area contributed by atoms with E-state index < -0.39 is 0 Å². The molecule has 0 fully saturated rings. The lowest BCUT2D eigenvalue weighted by atomic mass is 10.2. The lowest BCUT2D eigenvalue weighted by molar-refractivity contribution is 0.872. The summed E-state index contributed by atoms with van der Waals surface area (Å²) in [4.78, 5) is 7.23. The summed E-state index contributed by atoms with van der Waals surface area (Å²) in [6, 6.07) is 8.56. The number of aryl methyl sites for hydroxylation is 1. The molecule has 1 heterocycles. The van der Waals surface area contributed by atoms with Gasteiger partial charge in [0.2, 0.25) is 0 Å². The van der Waals surface area contributed by atoms with Gasteiger partial charge in [-0.25, -0.2) is 4.98 Å². The molecule has 2 N–H and O–H groups in total. The second-order valence-corrected chi connectivity index (χ2v) is 6.03. The molecule has 0 radical (unpaired) electrons. The summed E-state index contributed by atoms with van der Waals surface area (Å²) < 4.78 is 0. The first-order valence-corrected chi connectivity index (χ1v) is 8.15. The van der Waals surface area contributed by atoms with Gasteiger partial charge >= 0.3 is 0 Å². The smallest absolute Gasteiger partial charge is 0.123 e. The first-order valence-electron chi connectivity index (χ1n) is 6.11. The number of aromatic nitrogens is 1. The third-order valence-electron chi connectivity index (χ3n) is 2.79. The highest BCUT2D eigenvalue weighted by atomic mass is 32.2. The molecule has 0 saturated heterocycles. The zero-order valence-corrected chi connectivity index (χ0v) is 12.4. The second-order valence-electron chi connectivity index (χ2n) is 4.07. The molecule has 0 atom stereocenters. The van der Waals surface area contributed by atoms with Crippen LogP contribution >= 0.6 is 23.1 Å². The minimum atomic E-state index is 0.593. The summed E-state index contributed by atoms with van der Waals surface area (Å²) in [6.07, 6.45) is 4.22. The normalized spacial score (nSPS) is 10.8. The van der Waals surface area contributed by atoms with Crippen molar-refractivity contribution >= 4 is 23.1 Å². The van der Waals surface area contributed by atoms with Gasteiger partial charge in [-0.3, -0.25) is 0 Å². The Kier molecular flexibility index (Phi) is 4.80. The lowest BCUT2D eigenvalue weighted by Crippen LogP contribution is -1.97. The van der Waals surface area contributed by atoms with Crippen LogP contribution in [0.4, 0.5) is 0 Å². The van der Waals surface area contributed by atoms with E-state index in [0.717, 1.165) is 17.8 Å². The number of benzene rings is 1. The maximum absolute atomic E-state index is 5.79. The van der Waals surface area contributed by atoms with E-state index in [9.17, 15) is 0 Å². The molecule has 2 rings (SSSR count). The molecule has 4 heteroatoms. The van der Waals surface area contributed by atoms with Gasteiger partial charge in [0.1, 0.15) is 5.01 Å². The Balaban J connectivity index is 2.31. The molecule has 96 valence electrons. The summed E-state index contributed by atoms with van der Waals surface area (Å²) in [5, 5.41) is 1.09. The molecular formula is C14H18N2S2. The van der Waals surface area contributed by atoms with Crippen LogP contribution in [0.2, 0.25) is 0 Å². The molecule has 0 unspecified atom stereocenters. The van der Waals surface area contributed by atoms with Crippen LogP contribution in [0.15, 0.2) is 29.2 Å². The van der Waals surface area contributed by atoms with Crippen LogP contribution in [0.5, 0.6) is 0 Å². The highest BCUT2D eigenvalue weighted by Crippen LogP contribution is 2.29. The number of rotatable bonds is 5. The lowest BCUT2D eigenvalue weighted by Gasteiger charge is -1.98. The van der Waals surface area contributed by atoms with Gasteiger partial charge < -0.3 is 5.73 Å². The fourth-order valence-electron chi connectivity index (χ4n) is 1.83. The minimum Gasteiger partial charge on any atom is -0.326 e. The topological polar surface area (TPSA) is 38.9 Å². The van der Waals surface area contributed by atoms with Gasteiger partial charge in [0, 0.05) is 21.9 Å². The molecular weight excluding hydrogens is 260 g/mol. The van der Waals surface area contributed by atoms with Gasteiger partial charge in [0.25, 0.3) is 0 Å². The molecule has 18 heavy (non-hydrogen) atoms. The number of thioether (sulfide) groups is 1. The Bertz CT molecular complexity index is 503. The summed E-state index contributed by atoms with van der Waals surface area (Å²) in [7, 11) is 0. The highest BCUT2D eigenvalue weighted by molar-refractivity contribution is 7.98. The quantitative estimate of drug-likeness (QED) is 0.842. The fourth-order valence-corrected chi connectivity index (χ4v) is 3.23. The predicted octanol–water partition coefficient (Wildman–Crippen LogP) is 3.94. The number of hydrogen-bond donors (Lipinski definition) is 1. The van der Waals surface area contributed by atoms with E-state index in [1.165, 1.54) is 21.0 Å². The standard InChI is InChI=1S/C14H18N2S2/c1-3-4-12-13(9-15)18-14(16-12)10-5-7-11(17-2)8-6-10/h5-8H,3-4,9,15H2,1-2H3. The van der Waals surface area contributed by atoms with Crippen molar-refractivity contribution in [2.24, 2.45) is 5.73 Å². The highest BCUT2D eigenvalue weighted by Gasteiger charge is 2.10. The zero-order chi connectivity index (χ0) is 13.0. The summed E-state index contributed by atoms with van der Waals surface area (Å²) >= 11 is 3.48. The van der Waals surface area contributed by atoms with Gasteiger partial charge in [-0.1, -0.05) is 25.5 Å². The van der Waals surface area contributed by atoms with Crippen molar-refractivity contribution in [3.63, 3.8) is 0 Å². The Morgan fingerprint density at radius 3 is 2.56 bits per heavy atom.